The highest BCUT2D eigenvalue weighted by molar-refractivity contribution is 6.02. The first-order valence-electron chi connectivity index (χ1n) is 10.6. The molecule has 0 heterocycles. The van der Waals surface area contributed by atoms with Gasteiger partial charge in [0.1, 0.15) is 5.41 Å². The fourth-order valence-corrected chi connectivity index (χ4v) is 4.86. The molecule has 156 valence electrons. The van der Waals surface area contributed by atoms with E-state index >= 15 is 0 Å². The molecule has 0 amide bonds. The third-order valence-electron chi connectivity index (χ3n) is 6.41. The van der Waals surface area contributed by atoms with Crippen LogP contribution in [0.2, 0.25) is 0 Å². The van der Waals surface area contributed by atoms with Crippen LogP contribution < -0.4 is 0 Å². The molecule has 4 nitrogen and oxygen atoms in total. The van der Waals surface area contributed by atoms with Gasteiger partial charge in [0.25, 0.3) is 0 Å². The average Bonchev–Trinajstić information content (AvgIpc) is 2.88. The number of benzene rings is 3. The van der Waals surface area contributed by atoms with Crippen molar-refractivity contribution in [2.24, 2.45) is 17.3 Å². The Balaban J connectivity index is 1.87. The molecule has 2 unspecified atom stereocenters. The standard InChI is InChI=1S/C28H22N2O2/c29-18-28(19-30)16-23(26(31)21-12-6-2-7-13-21)25(20-10-4-1-5-11-20)24(17-28)27(32)22-14-8-3-9-15-22/h1-15,23-25H,16-17H2. The summed E-state index contributed by atoms with van der Waals surface area (Å²) >= 11 is 0. The van der Waals surface area contributed by atoms with Gasteiger partial charge in [-0.15, -0.1) is 0 Å². The molecule has 0 saturated heterocycles. The van der Waals surface area contributed by atoms with Crippen molar-refractivity contribution < 1.29 is 9.59 Å². The fraction of sp³-hybridized carbons (Fsp3) is 0.214. The highest BCUT2D eigenvalue weighted by Crippen LogP contribution is 2.51. The van der Waals surface area contributed by atoms with Gasteiger partial charge in [-0.1, -0.05) is 91.0 Å². The maximum absolute atomic E-state index is 13.7. The number of Topliss-reactive ketones (excluding diaryl/α,β-unsaturated/α-hetero) is 2. The molecule has 0 bridgehead atoms. The van der Waals surface area contributed by atoms with Crippen LogP contribution >= 0.6 is 0 Å². The molecule has 1 aliphatic carbocycles. The van der Waals surface area contributed by atoms with Gasteiger partial charge in [0, 0.05) is 28.9 Å². The van der Waals surface area contributed by atoms with E-state index in [0.29, 0.717) is 11.1 Å². The monoisotopic (exact) mass is 418 g/mol. The van der Waals surface area contributed by atoms with Gasteiger partial charge in [0.15, 0.2) is 11.6 Å². The summed E-state index contributed by atoms with van der Waals surface area (Å²) in [6.07, 6.45) is 0.206. The van der Waals surface area contributed by atoms with Gasteiger partial charge in [0.05, 0.1) is 12.1 Å². The molecule has 0 spiro atoms. The zero-order valence-electron chi connectivity index (χ0n) is 17.5. The van der Waals surface area contributed by atoms with Crippen LogP contribution in [-0.4, -0.2) is 11.6 Å². The van der Waals surface area contributed by atoms with E-state index in [0.717, 1.165) is 5.56 Å². The largest absolute Gasteiger partial charge is 0.294 e. The Morgan fingerprint density at radius 3 is 1.41 bits per heavy atom. The number of nitrogens with zero attached hydrogens (tertiary/aromatic N) is 2. The summed E-state index contributed by atoms with van der Waals surface area (Å²) in [5.41, 5.74) is 0.530. The van der Waals surface area contributed by atoms with Gasteiger partial charge in [-0.2, -0.15) is 10.5 Å². The van der Waals surface area contributed by atoms with E-state index in [-0.39, 0.29) is 24.4 Å². The van der Waals surface area contributed by atoms with Crippen molar-refractivity contribution in [2.75, 3.05) is 0 Å². The third-order valence-corrected chi connectivity index (χ3v) is 6.41. The fourth-order valence-electron chi connectivity index (χ4n) is 4.86. The summed E-state index contributed by atoms with van der Waals surface area (Å²) in [6.45, 7) is 0. The predicted octanol–water partition coefficient (Wildman–Crippen LogP) is 5.60. The molecule has 1 saturated carbocycles. The van der Waals surface area contributed by atoms with E-state index in [9.17, 15) is 20.1 Å². The number of rotatable bonds is 5. The number of nitriles is 2. The first-order chi connectivity index (χ1) is 15.6. The Labute approximate surface area is 187 Å². The van der Waals surface area contributed by atoms with E-state index < -0.39 is 23.2 Å². The minimum absolute atomic E-state index is 0.103. The highest BCUT2D eigenvalue weighted by Gasteiger charge is 2.52. The molecule has 3 aromatic carbocycles. The molecule has 4 rings (SSSR count). The number of hydrogen-bond acceptors (Lipinski definition) is 4. The SMILES string of the molecule is N#CC1(C#N)CC(C(=O)c2ccccc2)C(c2ccccc2)C(C(=O)c2ccccc2)C1. The third kappa shape index (κ3) is 3.96. The molecular formula is C28H22N2O2. The number of carbonyl (C=O) groups is 2. The topological polar surface area (TPSA) is 81.7 Å². The van der Waals surface area contributed by atoms with Crippen molar-refractivity contribution in [1.82, 2.24) is 0 Å². The molecule has 2 atom stereocenters. The molecule has 0 radical (unpaired) electrons. The Kier molecular flexibility index (Phi) is 5.97. The molecule has 0 aromatic heterocycles. The Morgan fingerprint density at radius 1 is 0.656 bits per heavy atom. The smallest absolute Gasteiger partial charge is 0.166 e. The maximum Gasteiger partial charge on any atom is 0.166 e. The summed E-state index contributed by atoms with van der Waals surface area (Å²) in [6, 6.07) is 31.6. The lowest BCUT2D eigenvalue weighted by atomic mass is 9.57. The van der Waals surface area contributed by atoms with Crippen molar-refractivity contribution in [3.05, 3.63) is 108 Å². The van der Waals surface area contributed by atoms with E-state index in [2.05, 4.69) is 12.1 Å². The van der Waals surface area contributed by atoms with Crippen LogP contribution in [0.4, 0.5) is 0 Å². The van der Waals surface area contributed by atoms with Crippen LogP contribution in [0.3, 0.4) is 0 Å². The number of carbonyl (C=O) groups excluding carboxylic acids is 2. The molecule has 32 heavy (non-hydrogen) atoms. The number of hydrogen-bond donors (Lipinski definition) is 0. The molecule has 1 fully saturated rings. The Hall–Kier alpha value is -4.02. The van der Waals surface area contributed by atoms with E-state index in [1.54, 1.807) is 48.5 Å². The second-order valence-electron chi connectivity index (χ2n) is 8.32. The van der Waals surface area contributed by atoms with Crippen molar-refractivity contribution in [1.29, 1.82) is 10.5 Å². The number of ketones is 2. The van der Waals surface area contributed by atoms with E-state index in [1.165, 1.54) is 0 Å². The van der Waals surface area contributed by atoms with Crippen LogP contribution in [0.15, 0.2) is 91.0 Å². The summed E-state index contributed by atoms with van der Waals surface area (Å²) < 4.78 is 0. The lowest BCUT2D eigenvalue weighted by Gasteiger charge is -2.42. The molecule has 1 aliphatic rings. The first kappa shape index (κ1) is 21.2. The van der Waals surface area contributed by atoms with Gasteiger partial charge >= 0.3 is 0 Å². The molecule has 3 aromatic rings. The van der Waals surface area contributed by atoms with Crippen molar-refractivity contribution in [2.45, 2.75) is 18.8 Å². The van der Waals surface area contributed by atoms with Crippen LogP contribution in [-0.2, 0) is 0 Å². The molecule has 0 aliphatic heterocycles. The normalized spacial score (nSPS) is 21.6. The van der Waals surface area contributed by atoms with Crippen LogP contribution in [0.5, 0.6) is 0 Å². The zero-order valence-corrected chi connectivity index (χ0v) is 17.5. The second-order valence-corrected chi connectivity index (χ2v) is 8.32. The van der Waals surface area contributed by atoms with Gasteiger partial charge in [-0.3, -0.25) is 9.59 Å². The zero-order chi connectivity index (χ0) is 22.6. The van der Waals surface area contributed by atoms with Crippen molar-refractivity contribution in [3.63, 3.8) is 0 Å². The summed E-state index contributed by atoms with van der Waals surface area (Å²) in [5.74, 6) is -2.03. The van der Waals surface area contributed by atoms with Crippen molar-refractivity contribution >= 4 is 11.6 Å². The van der Waals surface area contributed by atoms with Crippen LogP contribution in [0.1, 0.15) is 45.0 Å². The maximum atomic E-state index is 13.7. The molecule has 4 heteroatoms. The Morgan fingerprint density at radius 2 is 1.03 bits per heavy atom. The van der Waals surface area contributed by atoms with E-state index in [1.807, 2.05) is 42.5 Å². The van der Waals surface area contributed by atoms with Gasteiger partial charge in [0.2, 0.25) is 0 Å². The van der Waals surface area contributed by atoms with Crippen molar-refractivity contribution in [3.8, 4) is 12.1 Å². The lowest BCUT2D eigenvalue weighted by Crippen LogP contribution is -2.43. The average molecular weight is 418 g/mol. The molecular weight excluding hydrogens is 396 g/mol. The lowest BCUT2D eigenvalue weighted by molar-refractivity contribution is 0.0658. The minimum atomic E-state index is -1.39. The predicted molar refractivity (Wildman–Crippen MR) is 121 cm³/mol. The first-order valence-corrected chi connectivity index (χ1v) is 10.6. The molecule has 0 N–H and O–H groups in total. The van der Waals surface area contributed by atoms with Crippen LogP contribution in [0.25, 0.3) is 0 Å². The van der Waals surface area contributed by atoms with Crippen LogP contribution in [0, 0.1) is 39.9 Å². The summed E-state index contributed by atoms with van der Waals surface area (Å²) in [4.78, 5) is 27.4. The summed E-state index contributed by atoms with van der Waals surface area (Å²) in [7, 11) is 0. The minimum Gasteiger partial charge on any atom is -0.294 e. The van der Waals surface area contributed by atoms with E-state index in [4.69, 9.17) is 0 Å². The van der Waals surface area contributed by atoms with Gasteiger partial charge in [-0.05, 0) is 18.4 Å². The van der Waals surface area contributed by atoms with Gasteiger partial charge < -0.3 is 0 Å². The summed E-state index contributed by atoms with van der Waals surface area (Å²) in [5, 5.41) is 19.9. The van der Waals surface area contributed by atoms with Gasteiger partial charge in [-0.25, -0.2) is 0 Å². The second kappa shape index (κ2) is 9.00. The highest BCUT2D eigenvalue weighted by atomic mass is 16.1. The Bertz CT molecular complexity index is 1110. The quantitative estimate of drug-likeness (QED) is 0.505.